The van der Waals surface area contributed by atoms with Crippen LogP contribution in [0, 0.1) is 0 Å². The van der Waals surface area contributed by atoms with Crippen molar-refractivity contribution in [2.75, 3.05) is 25.7 Å². The fraction of sp³-hybridized carbons (Fsp3) is 0.857. The highest BCUT2D eigenvalue weighted by Crippen LogP contribution is 2.17. The molecule has 0 unspecified atom stereocenters. The highest BCUT2D eigenvalue weighted by atomic mass is 32.2. The van der Waals surface area contributed by atoms with Crippen LogP contribution in [0.15, 0.2) is 0 Å². The van der Waals surface area contributed by atoms with E-state index in [0.29, 0.717) is 0 Å². The van der Waals surface area contributed by atoms with E-state index in [9.17, 15) is 21.6 Å². The van der Waals surface area contributed by atoms with Gasteiger partial charge in [-0.05, 0) is 0 Å². The van der Waals surface area contributed by atoms with Gasteiger partial charge in [0, 0.05) is 0 Å². The van der Waals surface area contributed by atoms with Crippen molar-refractivity contribution in [1.82, 2.24) is 0 Å². The minimum atomic E-state index is -3.70. The molecule has 0 spiro atoms. The number of carbonyl (C=O) groups is 1. The zero-order valence-electron chi connectivity index (χ0n) is 9.56. The Kier molecular flexibility index (Phi) is 4.53. The van der Waals surface area contributed by atoms with E-state index in [0.717, 1.165) is 12.5 Å². The van der Waals surface area contributed by atoms with E-state index in [-0.39, 0.29) is 0 Å². The fourth-order valence-corrected chi connectivity index (χ4v) is 1.85. The molecule has 0 radical (unpaired) electrons. The molecule has 1 saturated heterocycles. The van der Waals surface area contributed by atoms with Crippen LogP contribution in [0.25, 0.3) is 0 Å². The van der Waals surface area contributed by atoms with Crippen LogP contribution in [0.5, 0.6) is 0 Å². The Labute approximate surface area is 104 Å². The maximum Gasteiger partial charge on any atom is 0.509 e. The molecule has 9 nitrogen and oxygen atoms in total. The zero-order valence-corrected chi connectivity index (χ0v) is 11.2. The van der Waals surface area contributed by atoms with Gasteiger partial charge in [0.25, 0.3) is 20.2 Å². The summed E-state index contributed by atoms with van der Waals surface area (Å²) in [5.41, 5.74) is 0. The Hall–Kier alpha value is -0.910. The molecular formula is C7H12O9S2. The van der Waals surface area contributed by atoms with E-state index in [1.165, 1.54) is 0 Å². The van der Waals surface area contributed by atoms with Crippen LogP contribution in [0.1, 0.15) is 0 Å². The van der Waals surface area contributed by atoms with Crippen LogP contribution in [0.4, 0.5) is 4.79 Å². The van der Waals surface area contributed by atoms with Gasteiger partial charge in [0.1, 0.15) is 13.2 Å². The third kappa shape index (κ3) is 5.62. The van der Waals surface area contributed by atoms with Crippen molar-refractivity contribution in [3.8, 4) is 0 Å². The highest BCUT2D eigenvalue weighted by molar-refractivity contribution is 7.86. The molecule has 0 aliphatic carbocycles. The van der Waals surface area contributed by atoms with Crippen molar-refractivity contribution < 1.29 is 39.5 Å². The molecule has 0 N–H and O–H groups in total. The van der Waals surface area contributed by atoms with E-state index in [2.05, 4.69) is 17.8 Å². The van der Waals surface area contributed by atoms with E-state index >= 15 is 0 Å². The average Bonchev–Trinajstić information content (AvgIpc) is 2.51. The van der Waals surface area contributed by atoms with Crippen LogP contribution in [0.3, 0.4) is 0 Å². The third-order valence-corrected chi connectivity index (χ3v) is 2.93. The standard InChI is InChI=1S/C7H12O9S2/c1-17(9,10)13-3-5-6(16-7(8)15-5)4-14-18(2,11)12/h5-6H,3-4H2,1-2H3/t5-,6+. The predicted octanol–water partition coefficient (Wildman–Crippen LogP) is -1.16. The second kappa shape index (κ2) is 5.38. The van der Waals surface area contributed by atoms with Crippen molar-refractivity contribution in [2.24, 2.45) is 0 Å². The number of ether oxygens (including phenoxy) is 2. The molecule has 1 aliphatic rings. The summed E-state index contributed by atoms with van der Waals surface area (Å²) in [6.07, 6.45) is -1.48. The lowest BCUT2D eigenvalue weighted by Gasteiger charge is -2.13. The van der Waals surface area contributed by atoms with Crippen LogP contribution < -0.4 is 0 Å². The molecule has 11 heteroatoms. The second-order valence-corrected chi connectivity index (χ2v) is 6.83. The molecule has 1 aliphatic heterocycles. The summed E-state index contributed by atoms with van der Waals surface area (Å²) in [7, 11) is -7.40. The predicted molar refractivity (Wildman–Crippen MR) is 56.7 cm³/mol. The lowest BCUT2D eigenvalue weighted by Crippen LogP contribution is -2.33. The monoisotopic (exact) mass is 304 g/mol. The Morgan fingerprint density at radius 2 is 1.28 bits per heavy atom. The average molecular weight is 304 g/mol. The summed E-state index contributed by atoms with van der Waals surface area (Å²) < 4.78 is 61.1. The van der Waals surface area contributed by atoms with Gasteiger partial charge >= 0.3 is 6.16 Å². The van der Waals surface area contributed by atoms with Crippen LogP contribution >= 0.6 is 0 Å². The quantitative estimate of drug-likeness (QED) is 0.441. The molecule has 0 aromatic carbocycles. The second-order valence-electron chi connectivity index (χ2n) is 3.54. The molecule has 18 heavy (non-hydrogen) atoms. The zero-order chi connectivity index (χ0) is 14.0. The van der Waals surface area contributed by atoms with Gasteiger partial charge in [-0.25, -0.2) is 4.79 Å². The summed E-state index contributed by atoms with van der Waals surface area (Å²) in [6, 6.07) is 0. The van der Waals surface area contributed by atoms with Gasteiger partial charge in [0.05, 0.1) is 12.5 Å². The van der Waals surface area contributed by atoms with Crippen LogP contribution in [-0.4, -0.2) is 60.9 Å². The number of carbonyl (C=O) groups excluding carboxylic acids is 1. The maximum atomic E-state index is 10.9. The number of hydrogen-bond acceptors (Lipinski definition) is 9. The molecule has 0 aromatic heterocycles. The molecule has 0 amide bonds. The normalized spacial score (nSPS) is 24.7. The van der Waals surface area contributed by atoms with Crippen molar-refractivity contribution in [1.29, 1.82) is 0 Å². The van der Waals surface area contributed by atoms with Crippen LogP contribution in [-0.2, 0) is 38.1 Å². The van der Waals surface area contributed by atoms with Gasteiger partial charge in [0.2, 0.25) is 0 Å². The minimum Gasteiger partial charge on any atom is -0.424 e. The Bertz CT molecular complexity index is 459. The first-order valence-electron chi connectivity index (χ1n) is 4.63. The molecule has 1 fully saturated rings. The van der Waals surface area contributed by atoms with Crippen LogP contribution in [0.2, 0.25) is 0 Å². The minimum absolute atomic E-state index is 0.470. The first-order valence-corrected chi connectivity index (χ1v) is 8.26. The first kappa shape index (κ1) is 15.1. The van der Waals surface area contributed by atoms with Gasteiger partial charge < -0.3 is 9.47 Å². The largest absolute Gasteiger partial charge is 0.509 e. The topological polar surface area (TPSA) is 122 Å². The molecule has 1 heterocycles. The van der Waals surface area contributed by atoms with Crippen molar-refractivity contribution in [2.45, 2.75) is 12.2 Å². The third-order valence-electron chi connectivity index (χ3n) is 1.80. The molecule has 0 aromatic rings. The number of rotatable bonds is 6. The highest BCUT2D eigenvalue weighted by Gasteiger charge is 2.38. The van der Waals surface area contributed by atoms with Gasteiger partial charge in [-0.3, -0.25) is 8.37 Å². The van der Waals surface area contributed by atoms with Crippen molar-refractivity contribution in [3.63, 3.8) is 0 Å². The summed E-state index contributed by atoms with van der Waals surface area (Å²) in [4.78, 5) is 10.9. The Morgan fingerprint density at radius 3 is 1.56 bits per heavy atom. The van der Waals surface area contributed by atoms with Gasteiger partial charge in [-0.2, -0.15) is 16.8 Å². The smallest absolute Gasteiger partial charge is 0.424 e. The van der Waals surface area contributed by atoms with Gasteiger partial charge in [-0.1, -0.05) is 0 Å². The van der Waals surface area contributed by atoms with E-state index < -0.39 is 51.8 Å². The molecule has 1 rings (SSSR count). The first-order chi connectivity index (χ1) is 8.07. The molecule has 106 valence electrons. The molecular weight excluding hydrogens is 292 g/mol. The summed E-state index contributed by atoms with van der Waals surface area (Å²) in [5.74, 6) is 0. The molecule has 0 saturated carbocycles. The van der Waals surface area contributed by atoms with E-state index in [1.54, 1.807) is 0 Å². The van der Waals surface area contributed by atoms with Crippen molar-refractivity contribution >= 4 is 26.4 Å². The summed E-state index contributed by atoms with van der Waals surface area (Å²) in [6.45, 7) is -0.940. The molecule has 2 atom stereocenters. The number of cyclic esters (lactones) is 2. The van der Waals surface area contributed by atoms with Crippen molar-refractivity contribution in [3.05, 3.63) is 0 Å². The van der Waals surface area contributed by atoms with E-state index in [1.807, 2.05) is 0 Å². The Morgan fingerprint density at radius 1 is 0.944 bits per heavy atom. The number of hydrogen-bond donors (Lipinski definition) is 0. The lowest BCUT2D eigenvalue weighted by atomic mass is 10.2. The maximum absolute atomic E-state index is 10.9. The van der Waals surface area contributed by atoms with Gasteiger partial charge in [-0.15, -0.1) is 0 Å². The Balaban J connectivity index is 2.56. The fourth-order valence-electron chi connectivity index (χ4n) is 1.09. The SMILES string of the molecule is CS(=O)(=O)OC[C@@H]1OC(=O)O[C@@H]1COS(C)(=O)=O. The van der Waals surface area contributed by atoms with E-state index in [4.69, 9.17) is 0 Å². The summed E-state index contributed by atoms with van der Waals surface area (Å²) in [5, 5.41) is 0. The summed E-state index contributed by atoms with van der Waals surface area (Å²) >= 11 is 0. The lowest BCUT2D eigenvalue weighted by molar-refractivity contribution is 0.0713. The molecule has 0 bridgehead atoms. The van der Waals surface area contributed by atoms with Gasteiger partial charge in [0.15, 0.2) is 12.2 Å².